The molecule has 2 rings (SSSR count). The van der Waals surface area contributed by atoms with Crippen molar-refractivity contribution in [1.29, 1.82) is 0 Å². The number of alkyl halides is 3. The molecule has 3 nitrogen and oxygen atoms in total. The van der Waals surface area contributed by atoms with E-state index in [0.29, 0.717) is 5.16 Å². The van der Waals surface area contributed by atoms with Crippen LogP contribution in [0.3, 0.4) is 0 Å². The van der Waals surface area contributed by atoms with Crippen molar-refractivity contribution in [2.45, 2.75) is 24.0 Å². The van der Waals surface area contributed by atoms with Crippen LogP contribution in [0.15, 0.2) is 35.6 Å². The van der Waals surface area contributed by atoms with Crippen LogP contribution in [-0.4, -0.2) is 9.97 Å². The zero-order chi connectivity index (χ0) is 14.8. The number of nitrogens with two attached hydrogens (primary N) is 1. The largest absolute Gasteiger partial charge is 0.416 e. The molecule has 0 bridgehead atoms. The molecule has 7 heteroatoms. The van der Waals surface area contributed by atoms with E-state index in [9.17, 15) is 13.2 Å². The molecule has 0 aliphatic rings. The molecule has 1 aromatic heterocycles. The van der Waals surface area contributed by atoms with Gasteiger partial charge in [0, 0.05) is 23.3 Å². The molecular weight excluding hydrogens is 287 g/mol. The molecule has 1 heterocycles. The van der Waals surface area contributed by atoms with E-state index < -0.39 is 11.7 Å². The second-order valence-electron chi connectivity index (χ2n) is 4.18. The normalized spacial score (nSPS) is 11.6. The molecule has 0 saturated heterocycles. The highest BCUT2D eigenvalue weighted by atomic mass is 32.2. The van der Waals surface area contributed by atoms with Gasteiger partial charge in [-0.2, -0.15) is 13.2 Å². The lowest BCUT2D eigenvalue weighted by Gasteiger charge is -2.13. The van der Waals surface area contributed by atoms with E-state index >= 15 is 0 Å². The Kier molecular flexibility index (Phi) is 4.17. The van der Waals surface area contributed by atoms with Gasteiger partial charge in [-0.25, -0.2) is 9.97 Å². The van der Waals surface area contributed by atoms with E-state index in [2.05, 4.69) is 9.97 Å². The highest BCUT2D eigenvalue weighted by Gasteiger charge is 2.33. The minimum absolute atomic E-state index is 0.0953. The summed E-state index contributed by atoms with van der Waals surface area (Å²) in [6.45, 7) is 1.80. The Labute approximate surface area is 118 Å². The van der Waals surface area contributed by atoms with E-state index in [-0.39, 0.29) is 17.0 Å². The maximum atomic E-state index is 12.9. The maximum absolute atomic E-state index is 12.9. The summed E-state index contributed by atoms with van der Waals surface area (Å²) in [7, 11) is 0. The Balaban J connectivity index is 2.21. The second kappa shape index (κ2) is 5.70. The van der Waals surface area contributed by atoms with Crippen molar-refractivity contribution in [2.75, 3.05) is 5.73 Å². The van der Waals surface area contributed by atoms with Gasteiger partial charge >= 0.3 is 6.18 Å². The van der Waals surface area contributed by atoms with Crippen molar-refractivity contribution < 1.29 is 13.2 Å². The summed E-state index contributed by atoms with van der Waals surface area (Å²) < 4.78 is 38.8. The summed E-state index contributed by atoms with van der Waals surface area (Å²) in [5.74, 6) is 0.137. The molecule has 0 radical (unpaired) electrons. The number of rotatable bonds is 3. The monoisotopic (exact) mass is 299 g/mol. The molecule has 0 aliphatic heterocycles. The molecule has 2 aromatic rings. The number of hydrogen-bond donors (Lipinski definition) is 1. The first-order valence-corrected chi connectivity index (χ1v) is 6.73. The molecule has 2 N–H and O–H groups in total. The number of anilines is 1. The Morgan fingerprint density at radius 3 is 2.65 bits per heavy atom. The van der Waals surface area contributed by atoms with Crippen molar-refractivity contribution in [3.8, 4) is 0 Å². The average Bonchev–Trinajstić information content (AvgIpc) is 2.36. The minimum Gasteiger partial charge on any atom is -0.399 e. The maximum Gasteiger partial charge on any atom is 0.416 e. The molecule has 0 spiro atoms. The fourth-order valence-corrected chi connectivity index (χ4v) is 2.50. The number of benzene rings is 1. The summed E-state index contributed by atoms with van der Waals surface area (Å²) >= 11 is 1.16. The van der Waals surface area contributed by atoms with Crippen molar-refractivity contribution in [3.63, 3.8) is 0 Å². The average molecular weight is 299 g/mol. The Morgan fingerprint density at radius 2 is 2.00 bits per heavy atom. The smallest absolute Gasteiger partial charge is 0.399 e. The van der Waals surface area contributed by atoms with Gasteiger partial charge in [0.15, 0.2) is 5.16 Å². The fraction of sp³-hybridized carbons (Fsp3) is 0.231. The van der Waals surface area contributed by atoms with Crippen LogP contribution in [0.5, 0.6) is 0 Å². The lowest BCUT2D eigenvalue weighted by molar-refractivity contribution is -0.138. The zero-order valence-corrected chi connectivity index (χ0v) is 11.4. The third-order valence-electron chi connectivity index (χ3n) is 2.57. The number of hydrogen-bond acceptors (Lipinski definition) is 4. The molecule has 106 valence electrons. The summed E-state index contributed by atoms with van der Waals surface area (Å²) in [6, 6.07) is 5.53. The number of aromatic nitrogens is 2. The topological polar surface area (TPSA) is 51.8 Å². The van der Waals surface area contributed by atoms with Crippen LogP contribution in [0.4, 0.5) is 18.9 Å². The highest BCUT2D eigenvalue weighted by molar-refractivity contribution is 7.98. The summed E-state index contributed by atoms with van der Waals surface area (Å²) in [5, 5.41) is 0.454. The number of nitrogens with zero attached hydrogens (tertiary/aromatic N) is 2. The Hall–Kier alpha value is -1.76. The number of thioether (sulfide) groups is 1. The number of aryl methyl sites for hydroxylation is 1. The molecule has 0 fully saturated rings. The first-order valence-electron chi connectivity index (χ1n) is 5.74. The van der Waals surface area contributed by atoms with E-state index in [4.69, 9.17) is 5.73 Å². The van der Waals surface area contributed by atoms with E-state index in [0.717, 1.165) is 23.5 Å². The number of halogens is 3. The molecule has 1 aromatic carbocycles. The van der Waals surface area contributed by atoms with Gasteiger partial charge < -0.3 is 5.73 Å². The first-order chi connectivity index (χ1) is 9.36. The van der Waals surface area contributed by atoms with Crippen LogP contribution >= 0.6 is 11.8 Å². The first kappa shape index (κ1) is 14.6. The molecule has 0 amide bonds. The third kappa shape index (κ3) is 3.63. The SMILES string of the molecule is Cc1ccnc(SCc2ccc(N)cc2C(F)(F)F)n1. The lowest BCUT2D eigenvalue weighted by Crippen LogP contribution is -2.09. The van der Waals surface area contributed by atoms with Crippen molar-refractivity contribution in [1.82, 2.24) is 9.97 Å². The zero-order valence-electron chi connectivity index (χ0n) is 10.6. The van der Waals surface area contributed by atoms with Crippen molar-refractivity contribution in [2.24, 2.45) is 0 Å². The third-order valence-corrected chi connectivity index (χ3v) is 3.48. The van der Waals surface area contributed by atoms with Gasteiger partial charge in [-0.3, -0.25) is 0 Å². The molecule has 0 atom stereocenters. The van der Waals surface area contributed by atoms with Gasteiger partial charge in [0.05, 0.1) is 5.56 Å². The van der Waals surface area contributed by atoms with Crippen LogP contribution in [0.25, 0.3) is 0 Å². The van der Waals surface area contributed by atoms with Crippen molar-refractivity contribution >= 4 is 17.4 Å². The van der Waals surface area contributed by atoms with Crippen LogP contribution in [0.2, 0.25) is 0 Å². The van der Waals surface area contributed by atoms with E-state index in [1.165, 1.54) is 12.1 Å². The quantitative estimate of drug-likeness (QED) is 0.533. The summed E-state index contributed by atoms with van der Waals surface area (Å²) in [4.78, 5) is 8.15. The predicted octanol–water partition coefficient (Wildman–Crippen LogP) is 3.68. The minimum atomic E-state index is -4.42. The number of nitrogen functional groups attached to an aromatic ring is 1. The fourth-order valence-electron chi connectivity index (χ4n) is 1.62. The molecule has 0 unspecified atom stereocenters. The van der Waals surface area contributed by atoms with Crippen LogP contribution < -0.4 is 5.73 Å². The Morgan fingerprint density at radius 1 is 1.25 bits per heavy atom. The lowest BCUT2D eigenvalue weighted by atomic mass is 10.1. The molecule has 0 saturated carbocycles. The van der Waals surface area contributed by atoms with Crippen molar-refractivity contribution in [3.05, 3.63) is 47.3 Å². The van der Waals surface area contributed by atoms with Gasteiger partial charge in [-0.05, 0) is 30.7 Å². The Bertz CT molecular complexity index is 614. The van der Waals surface area contributed by atoms with Gasteiger partial charge in [-0.1, -0.05) is 17.8 Å². The van der Waals surface area contributed by atoms with E-state index in [1.807, 2.05) is 0 Å². The van der Waals surface area contributed by atoms with Crippen LogP contribution in [0.1, 0.15) is 16.8 Å². The highest BCUT2D eigenvalue weighted by Crippen LogP contribution is 2.35. The van der Waals surface area contributed by atoms with Crippen LogP contribution in [0, 0.1) is 6.92 Å². The summed E-state index contributed by atoms with van der Waals surface area (Å²) in [5.41, 5.74) is 5.75. The van der Waals surface area contributed by atoms with Gasteiger partial charge in [0.2, 0.25) is 0 Å². The van der Waals surface area contributed by atoms with Gasteiger partial charge in [0.1, 0.15) is 0 Å². The second-order valence-corrected chi connectivity index (χ2v) is 5.13. The van der Waals surface area contributed by atoms with E-state index in [1.54, 1.807) is 19.2 Å². The predicted molar refractivity (Wildman–Crippen MR) is 72.2 cm³/mol. The van der Waals surface area contributed by atoms with Crippen LogP contribution in [-0.2, 0) is 11.9 Å². The molecular formula is C13H12F3N3S. The standard InChI is InChI=1S/C13H12F3N3S/c1-8-4-5-18-12(19-8)20-7-9-2-3-10(17)6-11(9)13(14,15)16/h2-6H,7,17H2,1H3. The summed E-state index contributed by atoms with van der Waals surface area (Å²) in [6.07, 6.45) is -2.84. The van der Waals surface area contributed by atoms with Gasteiger partial charge in [-0.15, -0.1) is 0 Å². The molecule has 20 heavy (non-hydrogen) atoms. The molecule has 0 aliphatic carbocycles. The van der Waals surface area contributed by atoms with Gasteiger partial charge in [0.25, 0.3) is 0 Å².